The van der Waals surface area contributed by atoms with E-state index in [1.165, 1.54) is 11.1 Å². The van der Waals surface area contributed by atoms with Gasteiger partial charge in [-0.25, -0.2) is 0 Å². The van der Waals surface area contributed by atoms with Gasteiger partial charge in [-0.1, -0.05) is 77.8 Å². The van der Waals surface area contributed by atoms with Crippen molar-refractivity contribution >= 4 is 34.6 Å². The van der Waals surface area contributed by atoms with Crippen molar-refractivity contribution in [2.45, 2.75) is 13.0 Å². The van der Waals surface area contributed by atoms with Crippen molar-refractivity contribution in [3.05, 3.63) is 101 Å². The fourth-order valence-electron chi connectivity index (χ4n) is 2.72. The Morgan fingerprint density at radius 3 is 2.32 bits per heavy atom. The molecule has 2 nitrogen and oxygen atoms in total. The van der Waals surface area contributed by atoms with Gasteiger partial charge in [-0.15, -0.1) is 0 Å². The molecule has 0 aliphatic rings. The summed E-state index contributed by atoms with van der Waals surface area (Å²) in [6.45, 7) is 2.09. The van der Waals surface area contributed by atoms with Gasteiger partial charge in [0.05, 0.1) is 6.04 Å². The van der Waals surface area contributed by atoms with Crippen molar-refractivity contribution in [1.29, 1.82) is 0 Å². The van der Waals surface area contributed by atoms with Gasteiger partial charge in [-0.3, -0.25) is 0 Å². The van der Waals surface area contributed by atoms with Crippen molar-refractivity contribution < 1.29 is 0 Å². The molecule has 0 radical (unpaired) electrons. The van der Waals surface area contributed by atoms with E-state index < -0.39 is 0 Å². The zero-order valence-electron chi connectivity index (χ0n) is 13.9. The summed E-state index contributed by atoms with van der Waals surface area (Å²) in [5, 5.41) is 7.85. The quantitative estimate of drug-likeness (QED) is 0.577. The largest absolute Gasteiger partial charge is 0.352 e. The minimum atomic E-state index is -0.0275. The highest BCUT2D eigenvalue weighted by molar-refractivity contribution is 7.80. The third kappa shape index (κ3) is 4.81. The Kier molecular flexibility index (Phi) is 5.69. The molecule has 126 valence electrons. The molecule has 3 rings (SSSR count). The third-order valence-corrected chi connectivity index (χ3v) is 4.32. The molecule has 3 aromatic rings. The zero-order chi connectivity index (χ0) is 17.6. The predicted molar refractivity (Wildman–Crippen MR) is 110 cm³/mol. The van der Waals surface area contributed by atoms with Gasteiger partial charge in [0.1, 0.15) is 0 Å². The Bertz CT molecular complexity index is 865. The fraction of sp³-hybridized carbons (Fsp3) is 0.0952. The minimum absolute atomic E-state index is 0.0275. The molecule has 0 bridgehead atoms. The second kappa shape index (κ2) is 8.15. The number of benzene rings is 3. The topological polar surface area (TPSA) is 24.1 Å². The first-order chi connectivity index (χ1) is 12.1. The van der Waals surface area contributed by atoms with E-state index in [4.69, 9.17) is 23.8 Å². The van der Waals surface area contributed by atoms with E-state index in [0.717, 1.165) is 11.3 Å². The first kappa shape index (κ1) is 17.5. The number of hydrogen-bond donors (Lipinski definition) is 2. The molecule has 0 aliphatic carbocycles. The van der Waals surface area contributed by atoms with Gasteiger partial charge in [0.2, 0.25) is 0 Å². The molecule has 25 heavy (non-hydrogen) atoms. The van der Waals surface area contributed by atoms with Crippen molar-refractivity contribution in [3.8, 4) is 0 Å². The number of anilines is 1. The second-order valence-corrected chi connectivity index (χ2v) is 6.71. The molecule has 3 aromatic carbocycles. The molecule has 4 heteroatoms. The maximum atomic E-state index is 6.04. The van der Waals surface area contributed by atoms with E-state index in [1.807, 2.05) is 42.5 Å². The number of rotatable bonds is 4. The number of hydrogen-bond acceptors (Lipinski definition) is 1. The molecule has 0 amide bonds. The summed E-state index contributed by atoms with van der Waals surface area (Å²) in [6.07, 6.45) is 0. The Hall–Kier alpha value is -2.36. The van der Waals surface area contributed by atoms with Crippen LogP contribution in [0.5, 0.6) is 0 Å². The molecule has 0 saturated heterocycles. The van der Waals surface area contributed by atoms with E-state index in [1.54, 1.807) is 0 Å². The first-order valence-corrected chi connectivity index (χ1v) is 8.85. The Morgan fingerprint density at radius 2 is 1.60 bits per heavy atom. The lowest BCUT2D eigenvalue weighted by Crippen LogP contribution is -2.33. The summed E-state index contributed by atoms with van der Waals surface area (Å²) >= 11 is 11.6. The van der Waals surface area contributed by atoms with Gasteiger partial charge < -0.3 is 10.6 Å². The van der Waals surface area contributed by atoms with E-state index >= 15 is 0 Å². The number of aryl methyl sites for hydroxylation is 1. The van der Waals surface area contributed by atoms with Gasteiger partial charge in [0.15, 0.2) is 5.11 Å². The Labute approximate surface area is 158 Å². The Morgan fingerprint density at radius 1 is 0.880 bits per heavy atom. The summed E-state index contributed by atoms with van der Waals surface area (Å²) in [6, 6.07) is 26.2. The average molecular weight is 367 g/mol. The molecule has 0 fully saturated rings. The van der Waals surface area contributed by atoms with Crippen LogP contribution in [0.15, 0.2) is 78.9 Å². The average Bonchev–Trinajstić information content (AvgIpc) is 2.60. The lowest BCUT2D eigenvalue weighted by Gasteiger charge is -2.22. The lowest BCUT2D eigenvalue weighted by molar-refractivity contribution is 0.768. The van der Waals surface area contributed by atoms with Crippen LogP contribution in [-0.2, 0) is 0 Å². The van der Waals surface area contributed by atoms with Crippen molar-refractivity contribution in [2.24, 2.45) is 0 Å². The van der Waals surface area contributed by atoms with E-state index in [0.29, 0.717) is 10.1 Å². The molecular weight excluding hydrogens is 348 g/mol. The SMILES string of the molecule is Cc1cccc(C(NC(=S)Nc2cccc(Cl)c2)c2ccccc2)c1. The zero-order valence-corrected chi connectivity index (χ0v) is 15.4. The van der Waals surface area contributed by atoms with Crippen LogP contribution in [-0.4, -0.2) is 5.11 Å². The molecule has 0 heterocycles. The van der Waals surface area contributed by atoms with E-state index in [2.05, 4.69) is 54.0 Å². The maximum absolute atomic E-state index is 6.04. The first-order valence-electron chi connectivity index (χ1n) is 8.06. The van der Waals surface area contributed by atoms with Crippen LogP contribution in [0.2, 0.25) is 5.02 Å². The normalized spacial score (nSPS) is 11.6. The monoisotopic (exact) mass is 366 g/mol. The van der Waals surface area contributed by atoms with Gasteiger partial charge >= 0.3 is 0 Å². The van der Waals surface area contributed by atoms with Crippen LogP contribution in [0.25, 0.3) is 0 Å². The van der Waals surface area contributed by atoms with Crippen LogP contribution in [0.3, 0.4) is 0 Å². The summed E-state index contributed by atoms with van der Waals surface area (Å²) in [4.78, 5) is 0. The third-order valence-electron chi connectivity index (χ3n) is 3.87. The number of nitrogens with one attached hydrogen (secondary N) is 2. The van der Waals surface area contributed by atoms with Crippen LogP contribution in [0.1, 0.15) is 22.7 Å². The molecule has 0 aromatic heterocycles. The van der Waals surface area contributed by atoms with Gasteiger partial charge in [-0.2, -0.15) is 0 Å². The number of halogens is 1. The highest BCUT2D eigenvalue weighted by Gasteiger charge is 2.15. The standard InChI is InChI=1S/C21H19ClN2S/c1-15-7-5-10-17(13-15)20(16-8-3-2-4-9-16)24-21(25)23-19-12-6-11-18(22)14-19/h2-14,20H,1H3,(H2,23,24,25). The highest BCUT2D eigenvalue weighted by Crippen LogP contribution is 2.23. The van der Waals surface area contributed by atoms with Crippen LogP contribution in [0, 0.1) is 6.92 Å². The number of thiocarbonyl (C=S) groups is 1. The summed E-state index contributed by atoms with van der Waals surface area (Å²) < 4.78 is 0. The minimum Gasteiger partial charge on any atom is -0.352 e. The van der Waals surface area contributed by atoms with Gasteiger partial charge in [0, 0.05) is 10.7 Å². The molecule has 0 aliphatic heterocycles. The van der Waals surface area contributed by atoms with Gasteiger partial charge in [-0.05, 0) is 48.5 Å². The van der Waals surface area contributed by atoms with Gasteiger partial charge in [0.25, 0.3) is 0 Å². The maximum Gasteiger partial charge on any atom is 0.171 e. The summed E-state index contributed by atoms with van der Waals surface area (Å²) in [7, 11) is 0. The predicted octanol–water partition coefficient (Wildman–Crippen LogP) is 5.72. The van der Waals surface area contributed by atoms with Crippen LogP contribution >= 0.6 is 23.8 Å². The van der Waals surface area contributed by atoms with Crippen LogP contribution < -0.4 is 10.6 Å². The second-order valence-electron chi connectivity index (χ2n) is 5.87. The van der Waals surface area contributed by atoms with Crippen LogP contribution in [0.4, 0.5) is 5.69 Å². The van der Waals surface area contributed by atoms with E-state index in [9.17, 15) is 0 Å². The van der Waals surface area contributed by atoms with Crippen molar-refractivity contribution in [1.82, 2.24) is 5.32 Å². The Balaban J connectivity index is 1.84. The molecule has 2 N–H and O–H groups in total. The molecule has 0 spiro atoms. The fourth-order valence-corrected chi connectivity index (χ4v) is 3.14. The molecular formula is C21H19ClN2S. The summed E-state index contributed by atoms with van der Waals surface area (Å²) in [5.41, 5.74) is 4.40. The lowest BCUT2D eigenvalue weighted by atomic mass is 9.97. The smallest absolute Gasteiger partial charge is 0.171 e. The van der Waals surface area contributed by atoms with E-state index in [-0.39, 0.29) is 6.04 Å². The van der Waals surface area contributed by atoms with Crippen molar-refractivity contribution in [2.75, 3.05) is 5.32 Å². The van der Waals surface area contributed by atoms with Crippen molar-refractivity contribution in [3.63, 3.8) is 0 Å². The molecule has 0 saturated carbocycles. The molecule has 1 atom stereocenters. The highest BCUT2D eigenvalue weighted by atomic mass is 35.5. The summed E-state index contributed by atoms with van der Waals surface area (Å²) in [5.74, 6) is 0. The molecule has 1 unspecified atom stereocenters.